The molecule has 2 N–H and O–H groups in total. The van der Waals surface area contributed by atoms with Crippen LogP contribution in [-0.2, 0) is 4.79 Å². The molecule has 0 atom stereocenters. The van der Waals surface area contributed by atoms with Crippen LogP contribution in [0, 0.1) is 18.8 Å². The van der Waals surface area contributed by atoms with Gasteiger partial charge in [-0.15, -0.1) is 10.2 Å². The summed E-state index contributed by atoms with van der Waals surface area (Å²) in [6, 6.07) is 7.44. The van der Waals surface area contributed by atoms with Crippen LogP contribution in [0.5, 0.6) is 0 Å². The van der Waals surface area contributed by atoms with Gasteiger partial charge in [0.05, 0.1) is 0 Å². The number of carbonyl (C=O) groups excluding carboxylic acids is 3. The molecule has 9 heteroatoms. The Bertz CT molecular complexity index is 933. The van der Waals surface area contributed by atoms with Crippen molar-refractivity contribution in [2.24, 2.45) is 11.8 Å². The molecule has 0 saturated carbocycles. The summed E-state index contributed by atoms with van der Waals surface area (Å²) in [5.74, 6) is 0.343. The zero-order valence-electron chi connectivity index (χ0n) is 18.9. The summed E-state index contributed by atoms with van der Waals surface area (Å²) < 4.78 is 0. The quantitative estimate of drug-likeness (QED) is 0.631. The van der Waals surface area contributed by atoms with Gasteiger partial charge in [-0.3, -0.25) is 14.4 Å². The zero-order chi connectivity index (χ0) is 23.1. The van der Waals surface area contributed by atoms with Gasteiger partial charge < -0.3 is 15.5 Å². The Morgan fingerprint density at radius 1 is 1.09 bits per heavy atom. The Hall–Kier alpha value is -2.81. The summed E-state index contributed by atoms with van der Waals surface area (Å²) in [5, 5.41) is 13.9. The maximum absolute atomic E-state index is 12.8. The molecule has 172 valence electrons. The maximum Gasteiger partial charge on any atom is 0.286 e. The minimum atomic E-state index is -0.382. The molecule has 1 saturated heterocycles. The zero-order valence-corrected chi connectivity index (χ0v) is 19.7. The first-order chi connectivity index (χ1) is 15.3. The van der Waals surface area contributed by atoms with E-state index in [4.69, 9.17) is 0 Å². The lowest BCUT2D eigenvalue weighted by atomic mass is 9.93. The Labute approximate surface area is 192 Å². The maximum atomic E-state index is 12.8. The Kier molecular flexibility index (Phi) is 8.33. The van der Waals surface area contributed by atoms with Gasteiger partial charge in [0.1, 0.15) is 0 Å². The highest BCUT2D eigenvalue weighted by molar-refractivity contribution is 7.15. The first-order valence-corrected chi connectivity index (χ1v) is 11.9. The van der Waals surface area contributed by atoms with Crippen molar-refractivity contribution < 1.29 is 14.4 Å². The van der Waals surface area contributed by atoms with Gasteiger partial charge in [0.15, 0.2) is 0 Å². The number of anilines is 1. The topological polar surface area (TPSA) is 104 Å². The molecule has 0 unspecified atom stereocenters. The lowest BCUT2D eigenvalue weighted by molar-refractivity contribution is -0.122. The highest BCUT2D eigenvalue weighted by Gasteiger charge is 2.27. The summed E-state index contributed by atoms with van der Waals surface area (Å²) in [7, 11) is 0. The molecule has 3 rings (SSSR count). The second kappa shape index (κ2) is 11.2. The van der Waals surface area contributed by atoms with Crippen LogP contribution in [0.3, 0.4) is 0 Å². The van der Waals surface area contributed by atoms with Crippen LogP contribution in [0.15, 0.2) is 24.3 Å². The van der Waals surface area contributed by atoms with E-state index >= 15 is 0 Å². The number of benzene rings is 1. The minimum Gasteiger partial charge on any atom is -0.356 e. The van der Waals surface area contributed by atoms with Gasteiger partial charge in [0, 0.05) is 31.7 Å². The van der Waals surface area contributed by atoms with Crippen LogP contribution in [0.2, 0.25) is 0 Å². The van der Waals surface area contributed by atoms with E-state index in [0.29, 0.717) is 37.7 Å². The van der Waals surface area contributed by atoms with E-state index in [0.717, 1.165) is 36.2 Å². The van der Waals surface area contributed by atoms with E-state index in [2.05, 4.69) is 34.7 Å². The monoisotopic (exact) mass is 457 g/mol. The molecule has 2 aromatic rings. The Morgan fingerprint density at radius 3 is 2.41 bits per heavy atom. The first kappa shape index (κ1) is 23.8. The first-order valence-electron chi connectivity index (χ1n) is 11.1. The smallest absolute Gasteiger partial charge is 0.286 e. The molecule has 1 aromatic heterocycles. The molecule has 1 aliphatic heterocycles. The van der Waals surface area contributed by atoms with Crippen molar-refractivity contribution in [2.75, 3.05) is 25.0 Å². The fraction of sp³-hybridized carbons (Fsp3) is 0.522. The molecule has 1 aliphatic rings. The number of nitrogens with zero attached hydrogens (tertiary/aromatic N) is 3. The van der Waals surface area contributed by atoms with Gasteiger partial charge in [0.2, 0.25) is 15.9 Å². The van der Waals surface area contributed by atoms with E-state index in [-0.39, 0.29) is 33.7 Å². The number of piperidine rings is 1. The molecule has 8 nitrogen and oxygen atoms in total. The van der Waals surface area contributed by atoms with Crippen LogP contribution in [0.1, 0.15) is 64.7 Å². The van der Waals surface area contributed by atoms with E-state index in [1.165, 1.54) is 0 Å². The fourth-order valence-electron chi connectivity index (χ4n) is 3.53. The molecule has 1 aromatic carbocycles. The number of carbonyl (C=O) groups is 3. The summed E-state index contributed by atoms with van der Waals surface area (Å²) >= 11 is 0.998. The molecular weight excluding hydrogens is 426 g/mol. The van der Waals surface area contributed by atoms with Crippen LogP contribution in [-0.4, -0.2) is 52.5 Å². The molecule has 2 heterocycles. The third-order valence-corrected chi connectivity index (χ3v) is 6.44. The standard InChI is InChI=1S/C23H31N5O3S/c1-15(2)8-11-24-19(29)14-17-9-12-28(13-10-17)23(31)22-27-26-21(32-22)20(30)25-18-6-4-16(3)5-7-18/h4-7,15,17H,8-14H2,1-3H3,(H,24,29)(H,25,30). The van der Waals surface area contributed by atoms with Crippen LogP contribution in [0.25, 0.3) is 0 Å². The number of aromatic nitrogens is 2. The van der Waals surface area contributed by atoms with E-state index in [9.17, 15) is 14.4 Å². The second-order valence-corrected chi connectivity index (χ2v) is 9.68. The normalized spacial score (nSPS) is 14.4. The second-order valence-electron chi connectivity index (χ2n) is 8.70. The number of nitrogens with one attached hydrogen (secondary N) is 2. The number of hydrogen-bond acceptors (Lipinski definition) is 6. The number of aryl methyl sites for hydroxylation is 1. The summed E-state index contributed by atoms with van der Waals surface area (Å²) in [6.07, 6.45) is 3.04. The van der Waals surface area contributed by atoms with Gasteiger partial charge in [0.25, 0.3) is 11.8 Å². The van der Waals surface area contributed by atoms with Gasteiger partial charge >= 0.3 is 0 Å². The number of rotatable bonds is 8. The Balaban J connectivity index is 1.46. The fourth-order valence-corrected chi connectivity index (χ4v) is 4.24. The molecule has 0 aliphatic carbocycles. The summed E-state index contributed by atoms with van der Waals surface area (Å²) in [6.45, 7) is 8.11. The number of hydrogen-bond donors (Lipinski definition) is 2. The van der Waals surface area contributed by atoms with Crippen molar-refractivity contribution in [3.8, 4) is 0 Å². The average molecular weight is 458 g/mol. The lowest BCUT2D eigenvalue weighted by Crippen LogP contribution is -2.39. The van der Waals surface area contributed by atoms with Gasteiger partial charge in [-0.25, -0.2) is 0 Å². The molecule has 0 radical (unpaired) electrons. The van der Waals surface area contributed by atoms with Crippen molar-refractivity contribution >= 4 is 34.7 Å². The predicted octanol–water partition coefficient (Wildman–Crippen LogP) is 3.50. The lowest BCUT2D eigenvalue weighted by Gasteiger charge is -2.31. The molecular formula is C23H31N5O3S. The van der Waals surface area contributed by atoms with Gasteiger partial charge in [-0.1, -0.05) is 42.9 Å². The highest BCUT2D eigenvalue weighted by Crippen LogP contribution is 2.23. The largest absolute Gasteiger partial charge is 0.356 e. The number of amides is 3. The summed E-state index contributed by atoms with van der Waals surface area (Å²) in [4.78, 5) is 39.0. The molecule has 3 amide bonds. The van der Waals surface area contributed by atoms with Gasteiger partial charge in [-0.05, 0) is 50.2 Å². The van der Waals surface area contributed by atoms with E-state index in [1.807, 2.05) is 31.2 Å². The van der Waals surface area contributed by atoms with Crippen LogP contribution >= 0.6 is 11.3 Å². The molecule has 0 spiro atoms. The predicted molar refractivity (Wildman–Crippen MR) is 125 cm³/mol. The van der Waals surface area contributed by atoms with Crippen molar-refractivity contribution in [1.29, 1.82) is 0 Å². The SMILES string of the molecule is Cc1ccc(NC(=O)c2nnc(C(=O)N3CCC(CC(=O)NCCC(C)C)CC3)s2)cc1. The third kappa shape index (κ3) is 6.85. The number of likely N-dealkylation sites (tertiary alicyclic amines) is 1. The molecule has 1 fully saturated rings. The van der Waals surface area contributed by atoms with E-state index < -0.39 is 0 Å². The highest BCUT2D eigenvalue weighted by atomic mass is 32.1. The van der Waals surface area contributed by atoms with E-state index in [1.54, 1.807) is 4.90 Å². The van der Waals surface area contributed by atoms with Crippen molar-refractivity contribution in [1.82, 2.24) is 20.4 Å². The minimum absolute atomic E-state index is 0.0868. The van der Waals surface area contributed by atoms with Gasteiger partial charge in [-0.2, -0.15) is 0 Å². The van der Waals surface area contributed by atoms with Crippen LogP contribution in [0.4, 0.5) is 5.69 Å². The Morgan fingerprint density at radius 2 is 1.75 bits per heavy atom. The average Bonchev–Trinajstić information content (AvgIpc) is 3.25. The molecule has 32 heavy (non-hydrogen) atoms. The van der Waals surface area contributed by atoms with Crippen molar-refractivity contribution in [3.05, 3.63) is 39.8 Å². The molecule has 0 bridgehead atoms. The van der Waals surface area contributed by atoms with Crippen LogP contribution < -0.4 is 10.6 Å². The van der Waals surface area contributed by atoms with Crippen molar-refractivity contribution in [3.63, 3.8) is 0 Å². The third-order valence-electron chi connectivity index (χ3n) is 5.53. The summed E-state index contributed by atoms with van der Waals surface area (Å²) in [5.41, 5.74) is 1.77. The van der Waals surface area contributed by atoms with Crippen molar-refractivity contribution in [2.45, 2.75) is 46.5 Å².